The molecule has 0 spiro atoms. The lowest BCUT2D eigenvalue weighted by Gasteiger charge is -2.27. The largest absolute Gasteiger partial charge is 0.352 e. The highest BCUT2D eigenvalue weighted by Gasteiger charge is 2.30. The maximum absolute atomic E-state index is 12.8. The number of nitrogens with one attached hydrogen (secondary N) is 4. The van der Waals surface area contributed by atoms with Crippen LogP contribution in [0.15, 0.2) is 0 Å². The lowest BCUT2D eigenvalue weighted by Crippen LogP contribution is -2.58. The van der Waals surface area contributed by atoms with Crippen LogP contribution in [0.5, 0.6) is 0 Å². The molecule has 8 N–H and O–H groups in total. The summed E-state index contributed by atoms with van der Waals surface area (Å²) in [6.45, 7) is 7.51. The van der Waals surface area contributed by atoms with E-state index in [4.69, 9.17) is 11.5 Å². The zero-order valence-electron chi connectivity index (χ0n) is 17.5. The fraction of sp³-hybridized carbons (Fsp3) is 0.778. The Balaban J connectivity index is 5.11. The van der Waals surface area contributed by atoms with E-state index in [0.29, 0.717) is 19.4 Å². The lowest BCUT2D eigenvalue weighted by molar-refractivity contribution is -0.133. The van der Waals surface area contributed by atoms with E-state index in [-0.39, 0.29) is 30.1 Å². The van der Waals surface area contributed by atoms with Gasteiger partial charge in [-0.1, -0.05) is 27.7 Å². The van der Waals surface area contributed by atoms with Gasteiger partial charge < -0.3 is 32.7 Å². The Morgan fingerprint density at radius 1 is 0.929 bits per heavy atom. The second kappa shape index (κ2) is 13.1. The molecule has 0 radical (unpaired) electrons. The van der Waals surface area contributed by atoms with Crippen LogP contribution in [0.2, 0.25) is 0 Å². The Labute approximate surface area is 166 Å². The molecule has 10 heteroatoms. The number of Topliss-reactive ketones (excluding diaryl/α,β-unsaturated/α-hetero) is 1. The van der Waals surface area contributed by atoms with Crippen molar-refractivity contribution in [1.29, 1.82) is 0 Å². The molecule has 0 aromatic heterocycles. The number of hydrogen-bond acceptors (Lipinski definition) is 6. The molecule has 0 bridgehead atoms. The Bertz CT molecular complexity index is 534. The van der Waals surface area contributed by atoms with Crippen molar-refractivity contribution in [2.45, 2.75) is 58.7 Å². The zero-order chi connectivity index (χ0) is 21.9. The summed E-state index contributed by atoms with van der Waals surface area (Å²) in [6.07, 6.45) is 0.823. The highest BCUT2D eigenvalue weighted by molar-refractivity contribution is 5.94. The summed E-state index contributed by atoms with van der Waals surface area (Å²) < 4.78 is 0. The minimum Gasteiger partial charge on any atom is -0.352 e. The monoisotopic (exact) mass is 400 g/mol. The average molecular weight is 401 g/mol. The van der Waals surface area contributed by atoms with Crippen molar-refractivity contribution in [3.63, 3.8) is 0 Å². The number of carbonyl (C=O) groups excluding carboxylic acids is 4. The summed E-state index contributed by atoms with van der Waals surface area (Å²) in [5, 5.41) is 10.7. The van der Waals surface area contributed by atoms with E-state index in [1.54, 1.807) is 34.7 Å². The van der Waals surface area contributed by atoms with Gasteiger partial charge in [-0.3, -0.25) is 14.4 Å². The van der Waals surface area contributed by atoms with Gasteiger partial charge in [-0.05, 0) is 25.8 Å². The number of likely N-dealkylation sites (N-methyl/N-ethyl adjacent to an activating group) is 1. The van der Waals surface area contributed by atoms with E-state index in [0.717, 1.165) is 0 Å². The molecule has 28 heavy (non-hydrogen) atoms. The van der Waals surface area contributed by atoms with Gasteiger partial charge in [0.1, 0.15) is 6.04 Å². The first-order chi connectivity index (χ1) is 13.0. The molecule has 4 amide bonds. The maximum Gasteiger partial charge on any atom is 0.312 e. The van der Waals surface area contributed by atoms with Crippen LogP contribution in [0, 0.1) is 11.8 Å². The quantitative estimate of drug-likeness (QED) is 0.213. The predicted octanol–water partition coefficient (Wildman–Crippen LogP) is -1.17. The second-order valence-electron chi connectivity index (χ2n) is 7.36. The maximum atomic E-state index is 12.8. The molecule has 0 heterocycles. The van der Waals surface area contributed by atoms with Crippen LogP contribution < -0.4 is 32.7 Å². The van der Waals surface area contributed by atoms with Crippen LogP contribution >= 0.6 is 0 Å². The van der Waals surface area contributed by atoms with Crippen molar-refractivity contribution < 1.29 is 19.2 Å². The van der Waals surface area contributed by atoms with Gasteiger partial charge in [0.05, 0.1) is 12.1 Å². The molecule has 0 aromatic carbocycles. The number of ketones is 1. The van der Waals surface area contributed by atoms with E-state index in [2.05, 4.69) is 21.3 Å². The van der Waals surface area contributed by atoms with E-state index in [1.807, 2.05) is 0 Å². The SMILES string of the molecule is CN[C@@H](CN)C(=O)N[C@H](C(=O)N[C@@H](CCCNC(N)=O)C(=O)C(C)C)C(C)C. The summed E-state index contributed by atoms with van der Waals surface area (Å²) in [5.41, 5.74) is 10.6. The van der Waals surface area contributed by atoms with Gasteiger partial charge >= 0.3 is 6.03 Å². The Hall–Kier alpha value is -2.20. The van der Waals surface area contributed by atoms with Gasteiger partial charge in [-0.2, -0.15) is 0 Å². The molecule has 0 aliphatic carbocycles. The van der Waals surface area contributed by atoms with Gasteiger partial charge in [0.25, 0.3) is 0 Å². The molecule has 0 saturated carbocycles. The molecular weight excluding hydrogens is 364 g/mol. The van der Waals surface area contributed by atoms with Crippen LogP contribution in [0.25, 0.3) is 0 Å². The number of urea groups is 1. The molecule has 10 nitrogen and oxygen atoms in total. The highest BCUT2D eigenvalue weighted by Crippen LogP contribution is 2.09. The van der Waals surface area contributed by atoms with Crippen LogP contribution in [0.1, 0.15) is 40.5 Å². The summed E-state index contributed by atoms with van der Waals surface area (Å²) in [6, 6.07) is -2.77. The van der Waals surface area contributed by atoms with E-state index in [1.165, 1.54) is 0 Å². The number of rotatable bonds is 13. The predicted molar refractivity (Wildman–Crippen MR) is 107 cm³/mol. The van der Waals surface area contributed by atoms with Crippen LogP contribution in [0.4, 0.5) is 4.79 Å². The summed E-state index contributed by atoms with van der Waals surface area (Å²) in [5.74, 6) is -1.39. The third-order valence-corrected chi connectivity index (χ3v) is 4.35. The third-order valence-electron chi connectivity index (χ3n) is 4.35. The molecule has 3 atom stereocenters. The summed E-state index contributed by atoms with van der Waals surface area (Å²) >= 11 is 0. The summed E-state index contributed by atoms with van der Waals surface area (Å²) in [7, 11) is 1.61. The van der Waals surface area contributed by atoms with E-state index >= 15 is 0 Å². The Morgan fingerprint density at radius 2 is 1.54 bits per heavy atom. The molecule has 0 fully saturated rings. The number of carbonyl (C=O) groups is 4. The van der Waals surface area contributed by atoms with E-state index < -0.39 is 30.1 Å². The van der Waals surface area contributed by atoms with Crippen molar-refractivity contribution in [2.75, 3.05) is 20.1 Å². The van der Waals surface area contributed by atoms with Crippen molar-refractivity contribution in [2.24, 2.45) is 23.3 Å². The minimum absolute atomic E-state index is 0.0933. The third kappa shape index (κ3) is 9.14. The first-order valence-corrected chi connectivity index (χ1v) is 9.60. The molecule has 0 aliphatic rings. The Morgan fingerprint density at radius 3 is 1.96 bits per heavy atom. The second-order valence-corrected chi connectivity index (χ2v) is 7.36. The number of nitrogens with two attached hydrogens (primary N) is 2. The van der Waals surface area contributed by atoms with Gasteiger partial charge in [-0.15, -0.1) is 0 Å². The lowest BCUT2D eigenvalue weighted by atomic mass is 9.96. The smallest absolute Gasteiger partial charge is 0.312 e. The van der Waals surface area contributed by atoms with Gasteiger partial charge in [0, 0.05) is 19.0 Å². The van der Waals surface area contributed by atoms with Crippen LogP contribution in [-0.2, 0) is 14.4 Å². The van der Waals surface area contributed by atoms with Crippen LogP contribution in [-0.4, -0.2) is 61.9 Å². The first-order valence-electron chi connectivity index (χ1n) is 9.60. The first kappa shape index (κ1) is 25.8. The van der Waals surface area contributed by atoms with E-state index in [9.17, 15) is 19.2 Å². The van der Waals surface area contributed by atoms with Gasteiger partial charge in [-0.25, -0.2) is 4.79 Å². The molecular formula is C18H36N6O4. The van der Waals surface area contributed by atoms with Crippen LogP contribution in [0.3, 0.4) is 0 Å². The fourth-order valence-corrected chi connectivity index (χ4v) is 2.61. The van der Waals surface area contributed by atoms with Crippen molar-refractivity contribution in [1.82, 2.24) is 21.3 Å². The molecule has 0 aliphatic heterocycles. The topological polar surface area (TPSA) is 168 Å². The van der Waals surface area contributed by atoms with Crippen molar-refractivity contribution in [3.05, 3.63) is 0 Å². The van der Waals surface area contributed by atoms with Gasteiger partial charge in [0.2, 0.25) is 11.8 Å². The average Bonchev–Trinajstić information content (AvgIpc) is 2.61. The highest BCUT2D eigenvalue weighted by atomic mass is 16.2. The summed E-state index contributed by atoms with van der Waals surface area (Å²) in [4.78, 5) is 48.3. The molecule has 162 valence electrons. The zero-order valence-corrected chi connectivity index (χ0v) is 17.5. The molecule has 0 saturated heterocycles. The molecule has 0 rings (SSSR count). The number of amides is 4. The standard InChI is InChI=1S/C18H36N6O4/c1-10(2)14(24-16(26)13(9-19)21-5)17(27)23-12(15(25)11(3)4)7-6-8-22-18(20)28/h10-14,21H,6-9,19H2,1-5H3,(H,23,27)(H,24,26)(H3,20,22,28)/t12-,13-,14-/m0/s1. The Kier molecular flexibility index (Phi) is 12.0. The fourth-order valence-electron chi connectivity index (χ4n) is 2.61. The normalized spacial score (nSPS) is 14.3. The molecule has 0 unspecified atom stereocenters. The molecule has 0 aromatic rings. The van der Waals surface area contributed by atoms with Crippen molar-refractivity contribution >= 4 is 23.6 Å². The number of primary amides is 1. The van der Waals surface area contributed by atoms with Gasteiger partial charge in [0.15, 0.2) is 5.78 Å². The van der Waals surface area contributed by atoms with Crippen molar-refractivity contribution in [3.8, 4) is 0 Å². The minimum atomic E-state index is -0.805. The number of hydrogen-bond donors (Lipinski definition) is 6.